The molecule has 0 saturated heterocycles. The van der Waals surface area contributed by atoms with E-state index in [1.165, 1.54) is 23.3 Å². The van der Waals surface area contributed by atoms with E-state index in [0.29, 0.717) is 12.1 Å². The predicted octanol–water partition coefficient (Wildman–Crippen LogP) is 2.03. The molecule has 3 N–H and O–H groups in total. The number of rotatable bonds is 3. The molecule has 1 aromatic rings. The first-order chi connectivity index (χ1) is 6.75. The highest BCUT2D eigenvalue weighted by Crippen LogP contribution is 2.19. The molecule has 1 heterocycles. The Bertz CT molecular complexity index is 295. The Labute approximate surface area is 89.5 Å². The summed E-state index contributed by atoms with van der Waals surface area (Å²) in [5.74, 6) is 0. The van der Waals surface area contributed by atoms with Crippen LogP contribution in [0, 0.1) is 6.92 Å². The molecule has 1 aromatic heterocycles. The topological polar surface area (TPSA) is 38.0 Å². The summed E-state index contributed by atoms with van der Waals surface area (Å²) in [6, 6.07) is 3.26. The van der Waals surface area contributed by atoms with E-state index in [9.17, 15) is 0 Å². The van der Waals surface area contributed by atoms with E-state index in [1.807, 2.05) is 11.3 Å². The van der Waals surface area contributed by atoms with Gasteiger partial charge in [0.25, 0.3) is 0 Å². The number of aryl methyl sites for hydroxylation is 1. The van der Waals surface area contributed by atoms with Crippen LogP contribution in [-0.2, 0) is 6.54 Å². The summed E-state index contributed by atoms with van der Waals surface area (Å²) in [5.41, 5.74) is 7.27. The van der Waals surface area contributed by atoms with Crippen LogP contribution in [0.5, 0.6) is 0 Å². The lowest BCUT2D eigenvalue weighted by atomic mass is 10.2. The Morgan fingerprint density at radius 1 is 1.57 bits per heavy atom. The van der Waals surface area contributed by atoms with Crippen LogP contribution in [-0.4, -0.2) is 12.1 Å². The van der Waals surface area contributed by atoms with Gasteiger partial charge in [-0.25, -0.2) is 0 Å². The van der Waals surface area contributed by atoms with E-state index in [2.05, 4.69) is 23.7 Å². The number of thiophene rings is 1. The molecule has 0 amide bonds. The van der Waals surface area contributed by atoms with Crippen LogP contribution in [0.2, 0.25) is 0 Å². The van der Waals surface area contributed by atoms with Crippen molar-refractivity contribution in [1.29, 1.82) is 0 Å². The van der Waals surface area contributed by atoms with Gasteiger partial charge in [0.15, 0.2) is 0 Å². The molecule has 2 unspecified atom stereocenters. The number of nitrogens with one attached hydrogen (secondary N) is 1. The second-order valence-electron chi connectivity index (χ2n) is 4.18. The molecule has 1 saturated carbocycles. The van der Waals surface area contributed by atoms with Crippen molar-refractivity contribution >= 4 is 11.3 Å². The average molecular weight is 210 g/mol. The third-order valence-electron chi connectivity index (χ3n) is 2.99. The maximum absolute atomic E-state index is 5.87. The fourth-order valence-corrected chi connectivity index (χ4v) is 2.88. The van der Waals surface area contributed by atoms with E-state index in [0.717, 1.165) is 13.0 Å². The van der Waals surface area contributed by atoms with Crippen molar-refractivity contribution in [3.05, 3.63) is 21.9 Å². The van der Waals surface area contributed by atoms with Crippen molar-refractivity contribution < 1.29 is 0 Å². The number of hydrogen-bond acceptors (Lipinski definition) is 3. The molecule has 14 heavy (non-hydrogen) atoms. The lowest BCUT2D eigenvalue weighted by Crippen LogP contribution is -2.27. The Morgan fingerprint density at radius 3 is 3.00 bits per heavy atom. The van der Waals surface area contributed by atoms with Gasteiger partial charge in [0.1, 0.15) is 0 Å². The molecule has 1 aliphatic carbocycles. The van der Waals surface area contributed by atoms with Crippen molar-refractivity contribution in [2.24, 2.45) is 5.73 Å². The molecule has 0 aliphatic heterocycles. The van der Waals surface area contributed by atoms with Crippen LogP contribution in [0.3, 0.4) is 0 Å². The van der Waals surface area contributed by atoms with Gasteiger partial charge in [-0.3, -0.25) is 0 Å². The van der Waals surface area contributed by atoms with Gasteiger partial charge in [0.05, 0.1) is 0 Å². The van der Waals surface area contributed by atoms with Crippen LogP contribution in [0.1, 0.15) is 29.7 Å². The summed E-state index contributed by atoms with van der Waals surface area (Å²) in [6.45, 7) is 3.19. The molecular formula is C11H18N2S. The fraction of sp³-hybridized carbons (Fsp3) is 0.636. The maximum atomic E-state index is 5.87. The lowest BCUT2D eigenvalue weighted by molar-refractivity contribution is 0.519. The van der Waals surface area contributed by atoms with Crippen LogP contribution in [0.25, 0.3) is 0 Å². The second-order valence-corrected chi connectivity index (χ2v) is 5.18. The molecule has 0 spiro atoms. The molecule has 2 atom stereocenters. The van der Waals surface area contributed by atoms with E-state index in [4.69, 9.17) is 5.73 Å². The normalized spacial score (nSPS) is 27.0. The quantitative estimate of drug-likeness (QED) is 0.801. The minimum Gasteiger partial charge on any atom is -0.328 e. The highest BCUT2D eigenvalue weighted by atomic mass is 32.1. The molecular weight excluding hydrogens is 192 g/mol. The monoisotopic (exact) mass is 210 g/mol. The van der Waals surface area contributed by atoms with Crippen LogP contribution >= 0.6 is 11.3 Å². The SMILES string of the molecule is Cc1ccsc1CNC1CCC(N)C1. The van der Waals surface area contributed by atoms with Gasteiger partial charge >= 0.3 is 0 Å². The number of nitrogens with two attached hydrogens (primary N) is 1. The zero-order valence-electron chi connectivity index (χ0n) is 8.62. The molecule has 0 radical (unpaired) electrons. The highest BCUT2D eigenvalue weighted by Gasteiger charge is 2.20. The summed E-state index contributed by atoms with van der Waals surface area (Å²) in [4.78, 5) is 1.46. The Morgan fingerprint density at radius 2 is 2.43 bits per heavy atom. The molecule has 0 bridgehead atoms. The third kappa shape index (κ3) is 2.35. The zero-order valence-corrected chi connectivity index (χ0v) is 9.44. The van der Waals surface area contributed by atoms with Crippen LogP contribution < -0.4 is 11.1 Å². The molecule has 1 aliphatic rings. The molecule has 0 aromatic carbocycles. The van der Waals surface area contributed by atoms with Gasteiger partial charge in [-0.05, 0) is 43.2 Å². The summed E-state index contributed by atoms with van der Waals surface area (Å²) in [7, 11) is 0. The van der Waals surface area contributed by atoms with Crippen molar-refractivity contribution in [3.63, 3.8) is 0 Å². The first-order valence-electron chi connectivity index (χ1n) is 5.27. The zero-order chi connectivity index (χ0) is 9.97. The fourth-order valence-electron chi connectivity index (χ4n) is 2.02. The van der Waals surface area contributed by atoms with Gasteiger partial charge < -0.3 is 11.1 Å². The minimum absolute atomic E-state index is 0.428. The summed E-state index contributed by atoms with van der Waals surface area (Å²) in [6.07, 6.45) is 3.57. The van der Waals surface area contributed by atoms with Crippen molar-refractivity contribution in [2.45, 2.75) is 44.8 Å². The second kappa shape index (κ2) is 4.43. The van der Waals surface area contributed by atoms with Crippen molar-refractivity contribution in [3.8, 4) is 0 Å². The predicted molar refractivity (Wildman–Crippen MR) is 61.5 cm³/mol. The first-order valence-corrected chi connectivity index (χ1v) is 6.15. The Kier molecular flexibility index (Phi) is 3.21. The van der Waals surface area contributed by atoms with Crippen LogP contribution in [0.15, 0.2) is 11.4 Å². The van der Waals surface area contributed by atoms with Crippen molar-refractivity contribution in [1.82, 2.24) is 5.32 Å². The Balaban J connectivity index is 1.80. The molecule has 2 nitrogen and oxygen atoms in total. The smallest absolute Gasteiger partial charge is 0.0304 e. The minimum atomic E-state index is 0.428. The molecule has 2 rings (SSSR count). The van der Waals surface area contributed by atoms with E-state index >= 15 is 0 Å². The van der Waals surface area contributed by atoms with Gasteiger partial charge in [-0.1, -0.05) is 0 Å². The van der Waals surface area contributed by atoms with Gasteiger partial charge in [-0.15, -0.1) is 11.3 Å². The average Bonchev–Trinajstić information content (AvgIpc) is 2.72. The van der Waals surface area contributed by atoms with E-state index in [1.54, 1.807) is 0 Å². The summed E-state index contributed by atoms with van der Waals surface area (Å²) in [5, 5.41) is 5.75. The lowest BCUT2D eigenvalue weighted by Gasteiger charge is -2.11. The largest absolute Gasteiger partial charge is 0.328 e. The van der Waals surface area contributed by atoms with Crippen LogP contribution in [0.4, 0.5) is 0 Å². The van der Waals surface area contributed by atoms with Crippen molar-refractivity contribution in [2.75, 3.05) is 0 Å². The van der Waals surface area contributed by atoms with E-state index in [-0.39, 0.29) is 0 Å². The standard InChI is InChI=1S/C11H18N2S/c1-8-4-5-14-11(8)7-13-10-3-2-9(12)6-10/h4-5,9-10,13H,2-3,6-7,12H2,1H3. The van der Waals surface area contributed by atoms with Gasteiger partial charge in [-0.2, -0.15) is 0 Å². The molecule has 1 fully saturated rings. The summed E-state index contributed by atoms with van der Waals surface area (Å²) >= 11 is 1.84. The van der Waals surface area contributed by atoms with E-state index < -0.39 is 0 Å². The highest BCUT2D eigenvalue weighted by molar-refractivity contribution is 7.10. The third-order valence-corrected chi connectivity index (χ3v) is 4.02. The Hall–Kier alpha value is -0.380. The molecule has 78 valence electrons. The maximum Gasteiger partial charge on any atom is 0.0304 e. The summed E-state index contributed by atoms with van der Waals surface area (Å²) < 4.78 is 0. The number of hydrogen-bond donors (Lipinski definition) is 2. The van der Waals surface area contributed by atoms with Gasteiger partial charge in [0.2, 0.25) is 0 Å². The first kappa shape index (κ1) is 10.1. The molecule has 3 heteroatoms. The van der Waals surface area contributed by atoms with Gasteiger partial charge in [0, 0.05) is 23.5 Å².